The van der Waals surface area contributed by atoms with Gasteiger partial charge in [-0.05, 0) is 45.1 Å². The number of halogens is 3. The van der Waals surface area contributed by atoms with Crippen LogP contribution in [0.4, 0.5) is 13.2 Å². The molecule has 3 atom stereocenters. The molecule has 0 saturated heterocycles. The van der Waals surface area contributed by atoms with Crippen molar-refractivity contribution in [1.82, 2.24) is 10.2 Å². The molecule has 0 amide bonds. The SMILES string of the molecule is CCC1CCC(NC)C(N(CC(F)(F)F)C2CC2)C1. The average molecular weight is 278 g/mol. The van der Waals surface area contributed by atoms with E-state index in [1.807, 2.05) is 7.05 Å². The quantitative estimate of drug-likeness (QED) is 0.831. The van der Waals surface area contributed by atoms with Crippen LogP contribution >= 0.6 is 0 Å². The zero-order chi connectivity index (χ0) is 14.0. The molecule has 3 unspecified atom stereocenters. The van der Waals surface area contributed by atoms with Crippen LogP contribution < -0.4 is 5.32 Å². The first kappa shape index (κ1) is 15.1. The monoisotopic (exact) mass is 278 g/mol. The molecule has 2 fully saturated rings. The number of hydrogen-bond acceptors (Lipinski definition) is 2. The Balaban J connectivity index is 2.07. The van der Waals surface area contributed by atoms with Gasteiger partial charge in [0.15, 0.2) is 0 Å². The first-order valence-electron chi connectivity index (χ1n) is 7.44. The molecule has 2 nitrogen and oxygen atoms in total. The number of nitrogens with zero attached hydrogens (tertiary/aromatic N) is 1. The van der Waals surface area contributed by atoms with E-state index in [2.05, 4.69) is 12.2 Å². The molecule has 0 radical (unpaired) electrons. The van der Waals surface area contributed by atoms with Crippen LogP contribution in [-0.4, -0.2) is 42.8 Å². The molecule has 2 saturated carbocycles. The molecule has 5 heteroatoms. The Morgan fingerprint density at radius 2 is 1.84 bits per heavy atom. The van der Waals surface area contributed by atoms with E-state index in [1.54, 1.807) is 4.90 Å². The van der Waals surface area contributed by atoms with Gasteiger partial charge in [-0.2, -0.15) is 13.2 Å². The predicted octanol–water partition coefficient (Wildman–Crippen LogP) is 3.18. The van der Waals surface area contributed by atoms with Crippen molar-refractivity contribution >= 4 is 0 Å². The Bertz CT molecular complexity index is 289. The first-order chi connectivity index (χ1) is 8.94. The van der Waals surface area contributed by atoms with Crippen molar-refractivity contribution in [3.05, 3.63) is 0 Å². The second-order valence-corrected chi connectivity index (χ2v) is 6.07. The number of likely N-dealkylation sites (N-methyl/N-ethyl adjacent to an activating group) is 1. The molecule has 0 aromatic rings. The number of alkyl halides is 3. The lowest BCUT2D eigenvalue weighted by Gasteiger charge is -2.43. The van der Waals surface area contributed by atoms with E-state index in [0.29, 0.717) is 5.92 Å². The largest absolute Gasteiger partial charge is 0.401 e. The highest BCUT2D eigenvalue weighted by Crippen LogP contribution is 2.38. The van der Waals surface area contributed by atoms with E-state index in [9.17, 15) is 13.2 Å². The molecule has 0 aliphatic heterocycles. The lowest BCUT2D eigenvalue weighted by atomic mass is 9.80. The van der Waals surface area contributed by atoms with Crippen LogP contribution in [0.2, 0.25) is 0 Å². The third kappa shape index (κ3) is 4.09. The van der Waals surface area contributed by atoms with Gasteiger partial charge in [0.2, 0.25) is 0 Å². The molecule has 2 aliphatic rings. The highest BCUT2D eigenvalue weighted by molar-refractivity contribution is 4.97. The summed E-state index contributed by atoms with van der Waals surface area (Å²) in [4.78, 5) is 1.74. The van der Waals surface area contributed by atoms with Crippen molar-refractivity contribution in [3.63, 3.8) is 0 Å². The maximum Gasteiger partial charge on any atom is 0.401 e. The van der Waals surface area contributed by atoms with Crippen LogP contribution in [0.1, 0.15) is 45.4 Å². The van der Waals surface area contributed by atoms with E-state index in [-0.39, 0.29) is 18.1 Å². The lowest BCUT2D eigenvalue weighted by Crippen LogP contribution is -2.55. The van der Waals surface area contributed by atoms with Gasteiger partial charge in [0.1, 0.15) is 0 Å². The van der Waals surface area contributed by atoms with Gasteiger partial charge in [-0.25, -0.2) is 0 Å². The lowest BCUT2D eigenvalue weighted by molar-refractivity contribution is -0.155. The molecule has 0 heterocycles. The summed E-state index contributed by atoms with van der Waals surface area (Å²) in [6.07, 6.45) is 1.91. The van der Waals surface area contributed by atoms with E-state index in [4.69, 9.17) is 0 Å². The molecule has 0 aromatic carbocycles. The minimum Gasteiger partial charge on any atom is -0.315 e. The van der Waals surface area contributed by atoms with E-state index >= 15 is 0 Å². The minimum atomic E-state index is -4.08. The summed E-state index contributed by atoms with van der Waals surface area (Å²) in [5, 5.41) is 3.24. The van der Waals surface area contributed by atoms with Gasteiger partial charge in [-0.1, -0.05) is 13.3 Å². The van der Waals surface area contributed by atoms with Crippen molar-refractivity contribution in [1.29, 1.82) is 0 Å². The third-order valence-electron chi connectivity index (χ3n) is 4.68. The summed E-state index contributed by atoms with van der Waals surface area (Å²) in [5.41, 5.74) is 0. The second-order valence-electron chi connectivity index (χ2n) is 6.07. The molecule has 2 rings (SSSR count). The molecule has 19 heavy (non-hydrogen) atoms. The Kier molecular flexibility index (Phi) is 4.77. The highest BCUT2D eigenvalue weighted by atomic mass is 19.4. The maximum absolute atomic E-state index is 12.8. The summed E-state index contributed by atoms with van der Waals surface area (Å²) in [6.45, 7) is 1.41. The summed E-state index contributed by atoms with van der Waals surface area (Å²) in [7, 11) is 1.88. The van der Waals surface area contributed by atoms with Gasteiger partial charge in [0, 0.05) is 18.1 Å². The summed E-state index contributed by atoms with van der Waals surface area (Å²) in [5.74, 6) is 0.587. The van der Waals surface area contributed by atoms with Crippen molar-refractivity contribution in [2.24, 2.45) is 5.92 Å². The first-order valence-corrected chi connectivity index (χ1v) is 7.44. The van der Waals surface area contributed by atoms with Gasteiger partial charge < -0.3 is 5.32 Å². The van der Waals surface area contributed by atoms with Gasteiger partial charge in [0.05, 0.1) is 6.54 Å². The highest BCUT2D eigenvalue weighted by Gasteiger charge is 2.44. The standard InChI is InChI=1S/C14H25F3N2/c1-3-10-4-7-12(18-2)13(8-10)19(11-5-6-11)9-14(15,16)17/h10-13,18H,3-9H2,1-2H3. The Morgan fingerprint density at radius 3 is 2.32 bits per heavy atom. The molecule has 0 aromatic heterocycles. The third-order valence-corrected chi connectivity index (χ3v) is 4.68. The van der Waals surface area contributed by atoms with Gasteiger partial charge in [-0.3, -0.25) is 4.90 Å². The smallest absolute Gasteiger partial charge is 0.315 e. The van der Waals surface area contributed by atoms with Crippen molar-refractivity contribution < 1.29 is 13.2 Å². The Morgan fingerprint density at radius 1 is 1.16 bits per heavy atom. The van der Waals surface area contributed by atoms with E-state index < -0.39 is 12.7 Å². The topological polar surface area (TPSA) is 15.3 Å². The predicted molar refractivity (Wildman–Crippen MR) is 70.1 cm³/mol. The molecule has 0 spiro atoms. The zero-order valence-electron chi connectivity index (χ0n) is 11.8. The molecule has 2 aliphatic carbocycles. The van der Waals surface area contributed by atoms with Gasteiger partial charge in [0.25, 0.3) is 0 Å². The number of nitrogens with one attached hydrogen (secondary N) is 1. The molecular weight excluding hydrogens is 253 g/mol. The Hall–Kier alpha value is -0.290. The van der Waals surface area contributed by atoms with Gasteiger partial charge in [-0.15, -0.1) is 0 Å². The normalized spacial score (nSPS) is 32.8. The van der Waals surface area contributed by atoms with Crippen LogP contribution in [0, 0.1) is 5.92 Å². The fourth-order valence-electron chi connectivity index (χ4n) is 3.44. The van der Waals surface area contributed by atoms with Crippen LogP contribution in [0.15, 0.2) is 0 Å². The van der Waals surface area contributed by atoms with Crippen molar-refractivity contribution in [3.8, 4) is 0 Å². The van der Waals surface area contributed by atoms with Crippen LogP contribution in [0.25, 0.3) is 0 Å². The fraction of sp³-hybridized carbons (Fsp3) is 1.00. The second kappa shape index (κ2) is 6.00. The fourth-order valence-corrected chi connectivity index (χ4v) is 3.44. The van der Waals surface area contributed by atoms with Crippen LogP contribution in [0.3, 0.4) is 0 Å². The molecule has 0 bridgehead atoms. The number of hydrogen-bond donors (Lipinski definition) is 1. The zero-order valence-corrected chi connectivity index (χ0v) is 11.8. The van der Waals surface area contributed by atoms with E-state index in [1.165, 1.54) is 0 Å². The molecule has 1 N–H and O–H groups in total. The van der Waals surface area contributed by atoms with Gasteiger partial charge >= 0.3 is 6.18 Å². The van der Waals surface area contributed by atoms with Crippen LogP contribution in [-0.2, 0) is 0 Å². The summed E-state index contributed by atoms with van der Waals surface area (Å²) < 4.78 is 38.4. The van der Waals surface area contributed by atoms with Crippen molar-refractivity contribution in [2.75, 3.05) is 13.6 Å². The minimum absolute atomic E-state index is 0.0535. The van der Waals surface area contributed by atoms with E-state index in [0.717, 1.165) is 38.5 Å². The summed E-state index contributed by atoms with van der Waals surface area (Å²) >= 11 is 0. The average Bonchev–Trinajstić information content (AvgIpc) is 3.18. The van der Waals surface area contributed by atoms with Crippen LogP contribution in [0.5, 0.6) is 0 Å². The molecule has 112 valence electrons. The molecular formula is C14H25F3N2. The van der Waals surface area contributed by atoms with Crippen molar-refractivity contribution in [2.45, 2.75) is 69.8 Å². The summed E-state index contributed by atoms with van der Waals surface area (Å²) in [6, 6.07) is 0.432. The number of rotatable bonds is 5. The maximum atomic E-state index is 12.8. The Labute approximate surface area is 113 Å².